The number of alkyl halides is 1. The molecular formula is C69H87Cl2N13O12. The predicted molar refractivity (Wildman–Crippen MR) is 376 cm³/mol. The van der Waals surface area contributed by atoms with Gasteiger partial charge in [-0.25, -0.2) is 42.7 Å². The topological polar surface area (TPSA) is 341 Å². The number of nitrogens with two attached hydrogens (primary N) is 2. The van der Waals surface area contributed by atoms with Crippen molar-refractivity contribution in [2.75, 3.05) is 68.7 Å². The zero-order chi connectivity index (χ0) is 71.9. The van der Waals surface area contributed by atoms with Crippen LogP contribution in [0.2, 0.25) is 5.15 Å². The maximum absolute atomic E-state index is 12.3. The summed E-state index contributed by atoms with van der Waals surface area (Å²) < 4.78 is 38.8. The lowest BCUT2D eigenvalue weighted by molar-refractivity contribution is -0.156. The summed E-state index contributed by atoms with van der Waals surface area (Å²) in [6, 6.07) is 39.9. The standard InChI is InChI=1S/C15H19N3O3.C14H12ClN3.C13H11N3O.C9H15NO4.C6H6.C5H11ClO2.C5H7NO2.C2H6N2/c1-9(15(20-2)21-3)11-12(16)17-13(18-14(11)19)10-7-5-4-6-8-10;1-8-9(2)16-14-11(8)12(15)17-13(18-14)10-6-4-3-5-7-10;1-8-7-14-12-10(8)13(17)16-11(15-12)9-5-3-2-4-6-9;1-6(9(13-4)14-5)7(10-2)8(11)12-3;1-2-4-6-5-3-1;1-4(6)5(7-2)8-3;1-3-8-5(7)4-6-2;1-2(3)4/h4-9,15H,1-3H3,(H3,16,17,18,19);3-7H,1-2H3,(H,16,17,18);2-7H,1H3,(H2,14,15,16,17);6-7,9H,1,3-5H3;1-6H;4-5H,1-3H3;3-4H2,1H3;1H3,(H3,3,4). The van der Waals surface area contributed by atoms with E-state index in [0.717, 1.165) is 44.5 Å². The number of H-pyrrole nitrogens is 4. The molecule has 0 amide bonds. The number of carbonyl (C=O) groups excluding carboxylic acids is 2. The number of amidine groups is 1. The molecule has 5 heterocycles. The molecule has 4 aromatic carbocycles. The quantitative estimate of drug-likeness (QED) is 0.00847. The van der Waals surface area contributed by atoms with E-state index in [0.29, 0.717) is 45.8 Å². The van der Waals surface area contributed by atoms with Crippen LogP contribution in [0.25, 0.3) is 65.9 Å². The van der Waals surface area contributed by atoms with Gasteiger partial charge in [0, 0.05) is 77.2 Å². The first-order valence-electron chi connectivity index (χ1n) is 29.6. The summed E-state index contributed by atoms with van der Waals surface area (Å²) in [6.45, 7) is 27.8. The Balaban J connectivity index is 0.000000390. The van der Waals surface area contributed by atoms with Gasteiger partial charge in [0.2, 0.25) is 0 Å². The number of carbonyl (C=O) groups is 2. The number of fused-ring (bicyclic) bond motifs is 2. The Bertz CT molecular complexity index is 3920. The Kier molecular flexibility index (Phi) is 38.5. The third kappa shape index (κ3) is 27.0. The molecule has 25 nitrogen and oxygen atoms in total. The highest BCUT2D eigenvalue weighted by Crippen LogP contribution is 2.29. The highest BCUT2D eigenvalue weighted by molar-refractivity contribution is 6.34. The van der Waals surface area contributed by atoms with Gasteiger partial charge < -0.3 is 79.0 Å². The van der Waals surface area contributed by atoms with E-state index >= 15 is 0 Å². The largest absolute Gasteiger partial charge is 0.463 e. The predicted octanol–water partition coefficient (Wildman–Crippen LogP) is 11.9. The number of aromatic nitrogens is 8. The number of hydrogen-bond donors (Lipinski definition) is 7. The van der Waals surface area contributed by atoms with Crippen LogP contribution in [-0.2, 0) is 47.5 Å². The molecule has 0 aliphatic heterocycles. The van der Waals surface area contributed by atoms with Crippen molar-refractivity contribution < 1.29 is 47.5 Å². The lowest BCUT2D eigenvalue weighted by Gasteiger charge is -2.21. The second-order valence-electron chi connectivity index (χ2n) is 20.3. The molecule has 27 heteroatoms. The van der Waals surface area contributed by atoms with Crippen LogP contribution in [0, 0.1) is 45.2 Å². The van der Waals surface area contributed by atoms with Crippen LogP contribution in [0.3, 0.4) is 0 Å². The van der Waals surface area contributed by atoms with Crippen LogP contribution in [0.1, 0.15) is 62.9 Å². The molecule has 0 bridgehead atoms. The van der Waals surface area contributed by atoms with Gasteiger partial charge in [-0.15, -0.1) is 11.6 Å². The summed E-state index contributed by atoms with van der Waals surface area (Å²) in [6.07, 6.45) is 0.379. The Morgan fingerprint density at radius 1 is 0.635 bits per heavy atom. The number of methoxy groups -OCH3 is 7. The van der Waals surface area contributed by atoms with Gasteiger partial charge in [0.05, 0.1) is 47.2 Å². The molecule has 514 valence electrons. The van der Waals surface area contributed by atoms with E-state index in [1.807, 2.05) is 162 Å². The SMILES string of the molecule is CC(=N)N.COC(OC)C(C)Cl.COC(OC)C(C)c1c(N)nc(-c2ccccc2)[nH]c1=O.Cc1[nH]c2nc(-c3ccccc3)nc(Cl)c2c1C.Cc1c[nH]c2nc(-c3ccccc3)[nH]c(=O)c12.[C-]#[N+]C(C(=O)OC)C(C)C(OC)OC.[C-]#[N+]CC(=O)OCC.c1ccccc1. The van der Waals surface area contributed by atoms with Crippen molar-refractivity contribution in [1.29, 1.82) is 5.41 Å². The fraction of sp³-hybridized carbons (Fsp3) is 0.348. The number of hydrogen-bond acceptors (Lipinski definition) is 18. The first-order valence-corrected chi connectivity index (χ1v) is 30.4. The highest BCUT2D eigenvalue weighted by Gasteiger charge is 2.37. The molecule has 9 rings (SSSR count). The van der Waals surface area contributed by atoms with E-state index in [1.54, 1.807) is 34.3 Å². The van der Waals surface area contributed by atoms with E-state index in [9.17, 15) is 19.2 Å². The average molecular weight is 1360 g/mol. The number of aryl methyl sites for hydroxylation is 3. The molecule has 4 unspecified atom stereocenters. The molecule has 5 aromatic heterocycles. The van der Waals surface area contributed by atoms with Crippen molar-refractivity contribution in [3.05, 3.63) is 205 Å². The summed E-state index contributed by atoms with van der Waals surface area (Å²) >= 11 is 11.9. The molecular weight excluding hydrogens is 1270 g/mol. The van der Waals surface area contributed by atoms with E-state index in [-0.39, 0.29) is 52.8 Å². The number of halogens is 2. The van der Waals surface area contributed by atoms with Gasteiger partial charge in [-0.1, -0.05) is 146 Å². The van der Waals surface area contributed by atoms with Gasteiger partial charge in [-0.05, 0) is 59.6 Å². The van der Waals surface area contributed by atoms with Gasteiger partial charge in [-0.3, -0.25) is 15.0 Å². The second kappa shape index (κ2) is 44.8. The van der Waals surface area contributed by atoms with Gasteiger partial charge in [0.1, 0.15) is 33.9 Å². The van der Waals surface area contributed by atoms with Crippen LogP contribution < -0.4 is 22.6 Å². The maximum Gasteiger partial charge on any atom is 0.390 e. The highest BCUT2D eigenvalue weighted by atomic mass is 35.5. The molecule has 0 saturated heterocycles. The number of ether oxygens (including phenoxy) is 8. The molecule has 0 aliphatic rings. The minimum atomic E-state index is -0.884. The number of benzene rings is 4. The first-order chi connectivity index (χ1) is 45.9. The maximum atomic E-state index is 12.3. The van der Waals surface area contributed by atoms with Crippen molar-refractivity contribution >= 4 is 68.9 Å². The molecule has 0 fully saturated rings. The number of esters is 2. The fourth-order valence-electron chi connectivity index (χ4n) is 8.58. The number of rotatable bonds is 17. The Morgan fingerprint density at radius 3 is 1.49 bits per heavy atom. The molecule has 0 aliphatic carbocycles. The normalized spacial score (nSPS) is 11.5. The van der Waals surface area contributed by atoms with Crippen molar-refractivity contribution in [2.45, 2.75) is 91.6 Å². The molecule has 0 radical (unpaired) electrons. The fourth-order valence-corrected chi connectivity index (χ4v) is 9.09. The summed E-state index contributed by atoms with van der Waals surface area (Å²) in [5.41, 5.74) is 17.8. The first kappa shape index (κ1) is 82.4. The van der Waals surface area contributed by atoms with E-state index in [4.69, 9.17) is 81.6 Å². The molecule has 96 heavy (non-hydrogen) atoms. The lowest BCUT2D eigenvalue weighted by atomic mass is 10.0. The number of nitrogens with zero attached hydrogens (tertiary/aromatic N) is 6. The zero-order valence-electron chi connectivity index (χ0n) is 56.7. The Hall–Kier alpha value is -9.67. The van der Waals surface area contributed by atoms with Gasteiger partial charge in [-0.2, -0.15) is 0 Å². The van der Waals surface area contributed by atoms with Gasteiger partial charge >= 0.3 is 24.5 Å². The third-order valence-corrected chi connectivity index (χ3v) is 13.8. The summed E-state index contributed by atoms with van der Waals surface area (Å²) in [5, 5.41) is 8.23. The van der Waals surface area contributed by atoms with Gasteiger partial charge in [0.15, 0.2) is 24.7 Å². The smallest absolute Gasteiger partial charge is 0.390 e. The van der Waals surface area contributed by atoms with E-state index in [2.05, 4.69) is 59.0 Å². The summed E-state index contributed by atoms with van der Waals surface area (Å²) in [4.78, 5) is 81.1. The number of aromatic amines is 4. The zero-order valence-corrected chi connectivity index (χ0v) is 58.2. The molecule has 9 aromatic rings. The summed E-state index contributed by atoms with van der Waals surface area (Å²) in [5.74, 6) is 0.328. The summed E-state index contributed by atoms with van der Waals surface area (Å²) in [7, 11) is 10.3. The van der Waals surface area contributed by atoms with Crippen molar-refractivity contribution in [3.8, 4) is 34.2 Å². The average Bonchev–Trinajstić information content (AvgIpc) is 1.58. The molecule has 0 saturated carbocycles. The van der Waals surface area contributed by atoms with Gasteiger partial charge in [0.25, 0.3) is 11.1 Å². The van der Waals surface area contributed by atoms with Crippen molar-refractivity contribution in [2.24, 2.45) is 11.7 Å². The van der Waals surface area contributed by atoms with E-state index < -0.39 is 30.6 Å². The molecule has 0 spiro atoms. The number of nitrogen functional groups attached to an aromatic ring is 1. The Morgan fingerprint density at radius 2 is 1.08 bits per heavy atom. The second-order valence-corrected chi connectivity index (χ2v) is 21.3. The molecule has 9 N–H and O–H groups in total. The van der Waals surface area contributed by atoms with Crippen molar-refractivity contribution in [1.82, 2.24) is 39.9 Å². The number of nitrogens with one attached hydrogen (secondary N) is 5. The molecule has 4 atom stereocenters. The van der Waals surface area contributed by atoms with E-state index in [1.165, 1.54) is 42.5 Å². The van der Waals surface area contributed by atoms with Crippen LogP contribution in [0.15, 0.2) is 143 Å². The Labute approximate surface area is 569 Å². The lowest BCUT2D eigenvalue weighted by Crippen LogP contribution is -2.36. The minimum Gasteiger partial charge on any atom is -0.463 e. The van der Waals surface area contributed by atoms with Crippen LogP contribution in [0.5, 0.6) is 0 Å². The monoisotopic (exact) mass is 1360 g/mol. The minimum absolute atomic E-state index is 0.0926. The van der Waals surface area contributed by atoms with Crippen LogP contribution in [0.4, 0.5) is 5.82 Å². The van der Waals surface area contributed by atoms with Crippen molar-refractivity contribution in [3.63, 3.8) is 0 Å². The van der Waals surface area contributed by atoms with Crippen LogP contribution >= 0.6 is 23.2 Å². The van der Waals surface area contributed by atoms with Crippen LogP contribution in [-0.4, -0.2) is 151 Å². The number of anilines is 1. The third-order valence-electron chi connectivity index (χ3n) is 13.3.